The van der Waals surface area contributed by atoms with Crippen LogP contribution in [0.1, 0.15) is 27.7 Å². The highest BCUT2D eigenvalue weighted by Crippen LogP contribution is 2.34. The molecule has 9 heteroatoms. The molecule has 9 nitrogen and oxygen atoms in total. The minimum atomic E-state index is -0.510. The minimum Gasteiger partial charge on any atom is -0.373 e. The fraction of sp³-hybridized carbons (Fsp3) is 0.444. The van der Waals surface area contributed by atoms with Gasteiger partial charge in [-0.15, -0.1) is 0 Å². The van der Waals surface area contributed by atoms with Crippen LogP contribution in [0.25, 0.3) is 33.5 Å². The topological polar surface area (TPSA) is 102 Å². The van der Waals surface area contributed by atoms with Gasteiger partial charge in [0.1, 0.15) is 5.69 Å². The third kappa shape index (κ3) is 4.68. The molecule has 1 fully saturated rings. The lowest BCUT2D eigenvalue weighted by Crippen LogP contribution is -2.51. The van der Waals surface area contributed by atoms with Gasteiger partial charge in [-0.2, -0.15) is 5.10 Å². The number of carbonyl (C=O) groups excluding carboxylic acids is 1. The van der Waals surface area contributed by atoms with Crippen LogP contribution >= 0.6 is 0 Å². The number of anilines is 2. The van der Waals surface area contributed by atoms with Crippen molar-refractivity contribution in [3.8, 4) is 11.5 Å². The largest absolute Gasteiger partial charge is 0.373 e. The Morgan fingerprint density at radius 1 is 1.22 bits per heavy atom. The lowest BCUT2D eigenvalue weighted by atomic mass is 9.95. The highest BCUT2D eigenvalue weighted by molar-refractivity contribution is 6.07. The van der Waals surface area contributed by atoms with Crippen molar-refractivity contribution in [2.75, 3.05) is 44.0 Å². The van der Waals surface area contributed by atoms with Crippen LogP contribution in [0.4, 0.5) is 11.4 Å². The highest BCUT2D eigenvalue weighted by atomic mass is 16.5. The Bertz CT molecular complexity index is 1400. The van der Waals surface area contributed by atoms with Gasteiger partial charge in [-0.25, -0.2) is 4.98 Å². The Morgan fingerprint density at radius 3 is 2.78 bits per heavy atom. The summed E-state index contributed by atoms with van der Waals surface area (Å²) in [6.45, 7) is 10.3. The van der Waals surface area contributed by atoms with Crippen molar-refractivity contribution in [2.45, 2.75) is 39.8 Å². The van der Waals surface area contributed by atoms with Crippen molar-refractivity contribution in [3.05, 3.63) is 36.4 Å². The standard InChI is InChI=1S/C27H35N7O2/c1-16-15-36-18(13-33(5)6)14-34(16)17-10-11-19-22(12-17)29-25(28-19)24-23-20(30-26(35)27(2,3)4)8-7-9-21(23)31-32-24/h7-12,16,18H,13-15H2,1-6H3,(H,28,29)(H,30,35)(H,31,32). The van der Waals surface area contributed by atoms with Gasteiger partial charge in [-0.1, -0.05) is 26.8 Å². The minimum absolute atomic E-state index is 0.0522. The number of hydrogen-bond acceptors (Lipinski definition) is 6. The van der Waals surface area contributed by atoms with E-state index in [9.17, 15) is 4.79 Å². The maximum atomic E-state index is 12.7. The molecule has 0 spiro atoms. The molecule has 4 aromatic rings. The second kappa shape index (κ2) is 9.22. The highest BCUT2D eigenvalue weighted by Gasteiger charge is 2.27. The van der Waals surface area contributed by atoms with Crippen LogP contribution in [0.5, 0.6) is 0 Å². The fourth-order valence-electron chi connectivity index (χ4n) is 4.64. The summed E-state index contributed by atoms with van der Waals surface area (Å²) in [5, 5.41) is 11.5. The molecule has 1 amide bonds. The average Bonchev–Trinajstić information content (AvgIpc) is 3.43. The monoisotopic (exact) mass is 489 g/mol. The summed E-state index contributed by atoms with van der Waals surface area (Å²) >= 11 is 0. The third-order valence-corrected chi connectivity index (χ3v) is 6.61. The third-order valence-electron chi connectivity index (χ3n) is 6.61. The lowest BCUT2D eigenvalue weighted by Gasteiger charge is -2.40. The summed E-state index contributed by atoms with van der Waals surface area (Å²) in [5.41, 5.74) is 4.67. The predicted octanol–water partition coefficient (Wildman–Crippen LogP) is 4.25. The summed E-state index contributed by atoms with van der Waals surface area (Å²) in [7, 11) is 4.14. The van der Waals surface area contributed by atoms with Gasteiger partial charge >= 0.3 is 0 Å². The number of amides is 1. The van der Waals surface area contributed by atoms with Gasteiger partial charge in [0, 0.05) is 30.2 Å². The number of aromatic amines is 2. The molecule has 1 aliphatic rings. The van der Waals surface area contributed by atoms with Gasteiger partial charge in [-0.05, 0) is 51.4 Å². The average molecular weight is 490 g/mol. The Kier molecular flexibility index (Phi) is 6.22. The Labute approximate surface area is 211 Å². The van der Waals surface area contributed by atoms with Gasteiger partial charge in [0.2, 0.25) is 5.91 Å². The van der Waals surface area contributed by atoms with Gasteiger partial charge in [0.25, 0.3) is 0 Å². The smallest absolute Gasteiger partial charge is 0.229 e. The zero-order chi connectivity index (χ0) is 25.6. The van der Waals surface area contributed by atoms with Crippen LogP contribution in [0.2, 0.25) is 0 Å². The Morgan fingerprint density at radius 2 is 2.03 bits per heavy atom. The molecule has 2 aromatic heterocycles. The molecule has 0 saturated carbocycles. The van der Waals surface area contributed by atoms with Crippen LogP contribution in [0, 0.1) is 5.41 Å². The quantitative estimate of drug-likeness (QED) is 0.387. The molecule has 1 saturated heterocycles. The number of fused-ring (bicyclic) bond motifs is 2. The maximum absolute atomic E-state index is 12.7. The summed E-state index contributed by atoms with van der Waals surface area (Å²) in [4.78, 5) is 25.6. The van der Waals surface area contributed by atoms with Crippen molar-refractivity contribution >= 4 is 39.2 Å². The molecule has 2 atom stereocenters. The molecule has 5 rings (SSSR count). The van der Waals surface area contributed by atoms with E-state index in [1.807, 2.05) is 45.0 Å². The van der Waals surface area contributed by atoms with Crippen LogP contribution < -0.4 is 10.2 Å². The summed E-state index contributed by atoms with van der Waals surface area (Å²) in [5.74, 6) is 0.606. The molecule has 2 unspecified atom stereocenters. The van der Waals surface area contributed by atoms with Crippen LogP contribution in [0.15, 0.2) is 36.4 Å². The van der Waals surface area contributed by atoms with Crippen LogP contribution in [-0.2, 0) is 9.53 Å². The number of ether oxygens (including phenoxy) is 1. The zero-order valence-corrected chi connectivity index (χ0v) is 21.8. The van der Waals surface area contributed by atoms with E-state index in [2.05, 4.69) is 63.4 Å². The number of imidazole rings is 1. The molecule has 36 heavy (non-hydrogen) atoms. The first-order chi connectivity index (χ1) is 17.1. The molecule has 3 heterocycles. The number of likely N-dealkylation sites (N-methyl/N-ethyl adjacent to an activating group) is 1. The van der Waals surface area contributed by atoms with Crippen molar-refractivity contribution in [1.82, 2.24) is 25.1 Å². The van der Waals surface area contributed by atoms with E-state index < -0.39 is 5.41 Å². The molecule has 0 radical (unpaired) electrons. The maximum Gasteiger partial charge on any atom is 0.229 e. The molecule has 0 bridgehead atoms. The number of hydrogen-bond donors (Lipinski definition) is 3. The van der Waals surface area contributed by atoms with E-state index in [4.69, 9.17) is 9.72 Å². The summed E-state index contributed by atoms with van der Waals surface area (Å²) in [6.07, 6.45) is 0.168. The SMILES string of the molecule is CC1COC(CN(C)C)CN1c1ccc2nc(-c3n[nH]c4cccc(NC(=O)C(C)(C)C)c34)[nH]c2c1. The van der Waals surface area contributed by atoms with Crippen LogP contribution in [0.3, 0.4) is 0 Å². The predicted molar refractivity (Wildman–Crippen MR) is 144 cm³/mol. The van der Waals surface area contributed by atoms with Crippen molar-refractivity contribution in [1.29, 1.82) is 0 Å². The number of morpholine rings is 1. The van der Waals surface area contributed by atoms with Gasteiger partial charge in [-0.3, -0.25) is 9.89 Å². The summed E-state index contributed by atoms with van der Waals surface area (Å²) in [6, 6.07) is 12.4. The Balaban J connectivity index is 1.49. The second-order valence-corrected chi connectivity index (χ2v) is 11.0. The lowest BCUT2D eigenvalue weighted by molar-refractivity contribution is -0.123. The molecule has 2 aromatic carbocycles. The van der Waals surface area contributed by atoms with Crippen molar-refractivity contribution < 1.29 is 9.53 Å². The first-order valence-electron chi connectivity index (χ1n) is 12.4. The number of nitrogens with one attached hydrogen (secondary N) is 3. The molecular formula is C27H35N7O2. The molecule has 190 valence electrons. The molecule has 0 aliphatic carbocycles. The first-order valence-corrected chi connectivity index (χ1v) is 12.4. The van der Waals surface area contributed by atoms with E-state index in [1.165, 1.54) is 0 Å². The number of rotatable bonds is 5. The molecule has 1 aliphatic heterocycles. The number of aromatic nitrogens is 4. The van der Waals surface area contributed by atoms with Gasteiger partial charge in [0.05, 0.1) is 40.3 Å². The number of nitrogens with zero attached hydrogens (tertiary/aromatic N) is 4. The van der Waals surface area contributed by atoms with Crippen LogP contribution in [-0.4, -0.2) is 76.9 Å². The Hall–Kier alpha value is -3.43. The van der Waals surface area contributed by atoms with E-state index in [1.54, 1.807) is 0 Å². The van der Waals surface area contributed by atoms with E-state index in [-0.39, 0.29) is 18.1 Å². The van der Waals surface area contributed by atoms with E-state index >= 15 is 0 Å². The van der Waals surface area contributed by atoms with Crippen molar-refractivity contribution in [2.24, 2.45) is 5.41 Å². The molecular weight excluding hydrogens is 454 g/mol. The van der Waals surface area contributed by atoms with Gasteiger partial charge in [0.15, 0.2) is 5.82 Å². The van der Waals surface area contributed by atoms with Gasteiger partial charge < -0.3 is 24.8 Å². The number of benzene rings is 2. The fourth-order valence-corrected chi connectivity index (χ4v) is 4.64. The van der Waals surface area contributed by atoms with E-state index in [0.29, 0.717) is 23.8 Å². The van der Waals surface area contributed by atoms with E-state index in [0.717, 1.165) is 40.7 Å². The number of carbonyl (C=O) groups is 1. The zero-order valence-electron chi connectivity index (χ0n) is 21.8. The normalized spacial score (nSPS) is 18.9. The second-order valence-electron chi connectivity index (χ2n) is 11.0. The summed E-state index contributed by atoms with van der Waals surface area (Å²) < 4.78 is 6.05. The number of H-pyrrole nitrogens is 2. The first kappa shape index (κ1) is 24.3. The molecule has 3 N–H and O–H groups in total. The van der Waals surface area contributed by atoms with Crippen molar-refractivity contribution in [3.63, 3.8) is 0 Å².